The fourth-order valence-electron chi connectivity index (χ4n) is 2.38. The van der Waals surface area contributed by atoms with Crippen LogP contribution in [0.25, 0.3) is 0 Å². The number of carbonyl (C=O) groups is 1. The molecule has 1 aliphatic rings. The van der Waals surface area contributed by atoms with E-state index in [9.17, 15) is 18.3 Å². The van der Waals surface area contributed by atoms with Gasteiger partial charge in [0, 0.05) is 0 Å². The average molecular weight is 297 g/mol. The van der Waals surface area contributed by atoms with Crippen LogP contribution < -0.4 is 5.32 Å². The summed E-state index contributed by atoms with van der Waals surface area (Å²) in [5.74, 6) is -0.763. The van der Waals surface area contributed by atoms with Gasteiger partial charge in [0.15, 0.2) is 9.84 Å². The lowest BCUT2D eigenvalue weighted by atomic mass is 10.0. The van der Waals surface area contributed by atoms with Crippen molar-refractivity contribution >= 4 is 15.7 Å². The summed E-state index contributed by atoms with van der Waals surface area (Å²) in [6.45, 7) is -0.167. The molecule has 110 valence electrons. The average Bonchev–Trinajstić information content (AvgIpc) is 2.79. The van der Waals surface area contributed by atoms with Gasteiger partial charge in [-0.25, -0.2) is 8.42 Å². The minimum Gasteiger partial charge on any atom is -0.394 e. The number of sulfone groups is 1. The predicted molar refractivity (Wildman–Crippen MR) is 75.9 cm³/mol. The molecular formula is C14H19NO4S. The summed E-state index contributed by atoms with van der Waals surface area (Å²) in [6, 6.07) is 9.17. The Morgan fingerprint density at radius 3 is 2.60 bits per heavy atom. The van der Waals surface area contributed by atoms with Gasteiger partial charge in [-0.1, -0.05) is 30.3 Å². The Balaban J connectivity index is 1.92. The van der Waals surface area contributed by atoms with E-state index in [0.717, 1.165) is 5.56 Å². The van der Waals surface area contributed by atoms with E-state index in [2.05, 4.69) is 5.32 Å². The van der Waals surface area contributed by atoms with Crippen LogP contribution in [0.4, 0.5) is 0 Å². The Hall–Kier alpha value is -1.40. The molecule has 5 nitrogen and oxygen atoms in total. The van der Waals surface area contributed by atoms with Crippen LogP contribution in [0.5, 0.6) is 0 Å². The van der Waals surface area contributed by atoms with Crippen molar-refractivity contribution in [2.45, 2.75) is 18.9 Å². The topological polar surface area (TPSA) is 83.5 Å². The zero-order valence-corrected chi connectivity index (χ0v) is 12.0. The summed E-state index contributed by atoms with van der Waals surface area (Å²) >= 11 is 0. The van der Waals surface area contributed by atoms with E-state index in [1.165, 1.54) is 0 Å². The number of carbonyl (C=O) groups excluding carboxylic acids is 1. The predicted octanol–water partition coefficient (Wildman–Crippen LogP) is 0.141. The number of rotatable bonds is 5. The molecule has 0 aliphatic carbocycles. The maximum atomic E-state index is 12.0. The molecule has 6 heteroatoms. The van der Waals surface area contributed by atoms with Crippen molar-refractivity contribution in [2.75, 3.05) is 18.1 Å². The van der Waals surface area contributed by atoms with Gasteiger partial charge >= 0.3 is 0 Å². The van der Waals surface area contributed by atoms with Gasteiger partial charge in [-0.05, 0) is 18.4 Å². The summed E-state index contributed by atoms with van der Waals surface area (Å²) in [7, 11) is -3.07. The van der Waals surface area contributed by atoms with Crippen molar-refractivity contribution in [3.05, 3.63) is 35.9 Å². The Morgan fingerprint density at radius 1 is 1.35 bits per heavy atom. The maximum Gasteiger partial charge on any atom is 0.224 e. The molecular weight excluding hydrogens is 278 g/mol. The van der Waals surface area contributed by atoms with Crippen LogP contribution in [0.2, 0.25) is 0 Å². The molecule has 1 aromatic rings. The van der Waals surface area contributed by atoms with Crippen molar-refractivity contribution in [1.82, 2.24) is 5.32 Å². The summed E-state index contributed by atoms with van der Waals surface area (Å²) in [5.41, 5.74) is 1.02. The number of aliphatic hydroxyl groups is 1. The highest BCUT2D eigenvalue weighted by molar-refractivity contribution is 7.91. The van der Waals surface area contributed by atoms with E-state index in [0.29, 0.717) is 12.8 Å². The molecule has 0 saturated carbocycles. The fourth-order valence-corrected chi connectivity index (χ4v) is 4.12. The summed E-state index contributed by atoms with van der Waals surface area (Å²) < 4.78 is 22.7. The minimum absolute atomic E-state index is 0.0769. The monoisotopic (exact) mass is 297 g/mol. The van der Waals surface area contributed by atoms with Crippen LogP contribution in [0.1, 0.15) is 12.0 Å². The number of hydrogen-bond acceptors (Lipinski definition) is 4. The van der Waals surface area contributed by atoms with Gasteiger partial charge in [-0.15, -0.1) is 0 Å². The van der Waals surface area contributed by atoms with Gasteiger partial charge in [-0.2, -0.15) is 0 Å². The third-order valence-corrected chi connectivity index (χ3v) is 5.26. The van der Waals surface area contributed by atoms with Gasteiger partial charge < -0.3 is 10.4 Å². The summed E-state index contributed by atoms with van der Waals surface area (Å²) in [4.78, 5) is 12.0. The molecule has 0 radical (unpaired) electrons. The number of amides is 1. The van der Waals surface area contributed by atoms with E-state index in [-0.39, 0.29) is 30.1 Å². The zero-order chi connectivity index (χ0) is 14.6. The van der Waals surface area contributed by atoms with E-state index in [1.807, 2.05) is 30.3 Å². The van der Waals surface area contributed by atoms with Gasteiger partial charge in [0.25, 0.3) is 0 Å². The fraction of sp³-hybridized carbons (Fsp3) is 0.500. The highest BCUT2D eigenvalue weighted by Crippen LogP contribution is 2.18. The molecule has 0 spiro atoms. The quantitative estimate of drug-likeness (QED) is 0.810. The lowest BCUT2D eigenvalue weighted by Crippen LogP contribution is -2.42. The molecule has 1 amide bonds. The second kappa shape index (κ2) is 6.37. The normalized spacial score (nSPS) is 22.4. The van der Waals surface area contributed by atoms with Crippen molar-refractivity contribution < 1.29 is 18.3 Å². The lowest BCUT2D eigenvalue weighted by Gasteiger charge is -2.18. The first-order chi connectivity index (χ1) is 9.50. The molecule has 20 heavy (non-hydrogen) atoms. The molecule has 0 aromatic heterocycles. The molecule has 2 rings (SSSR count). The Bertz CT molecular complexity index is 556. The van der Waals surface area contributed by atoms with Gasteiger partial charge in [-0.3, -0.25) is 4.79 Å². The van der Waals surface area contributed by atoms with E-state index in [4.69, 9.17) is 0 Å². The molecule has 1 aromatic carbocycles. The first kappa shape index (κ1) is 15.0. The number of aliphatic hydroxyl groups excluding tert-OH is 1. The highest BCUT2D eigenvalue weighted by Gasteiger charge is 2.33. The second-order valence-electron chi connectivity index (χ2n) is 5.18. The third-order valence-electron chi connectivity index (χ3n) is 3.49. The molecule has 0 bridgehead atoms. The largest absolute Gasteiger partial charge is 0.394 e. The van der Waals surface area contributed by atoms with Crippen molar-refractivity contribution in [3.8, 4) is 0 Å². The van der Waals surface area contributed by atoms with Crippen molar-refractivity contribution in [2.24, 2.45) is 5.92 Å². The molecule has 2 N–H and O–H groups in total. The smallest absolute Gasteiger partial charge is 0.224 e. The maximum absolute atomic E-state index is 12.0. The zero-order valence-electron chi connectivity index (χ0n) is 11.2. The first-order valence-electron chi connectivity index (χ1n) is 6.66. The SMILES string of the molecule is O=C(NC(CO)Cc1ccccc1)C1CCS(=O)(=O)C1. The Labute approximate surface area is 118 Å². The van der Waals surface area contributed by atoms with Crippen LogP contribution in [-0.2, 0) is 21.1 Å². The molecule has 2 unspecified atom stereocenters. The number of benzene rings is 1. The second-order valence-corrected chi connectivity index (χ2v) is 7.41. The van der Waals surface area contributed by atoms with E-state index in [1.54, 1.807) is 0 Å². The minimum atomic E-state index is -3.07. The standard InChI is InChI=1S/C14H19NO4S/c16-9-13(8-11-4-2-1-3-5-11)15-14(17)12-6-7-20(18,19)10-12/h1-5,12-13,16H,6-10H2,(H,15,17). The number of nitrogens with one attached hydrogen (secondary N) is 1. The molecule has 1 fully saturated rings. The lowest BCUT2D eigenvalue weighted by molar-refractivity contribution is -0.125. The van der Waals surface area contributed by atoms with E-state index >= 15 is 0 Å². The summed E-state index contributed by atoms with van der Waals surface area (Å²) in [5, 5.41) is 12.1. The highest BCUT2D eigenvalue weighted by atomic mass is 32.2. The van der Waals surface area contributed by atoms with Crippen LogP contribution >= 0.6 is 0 Å². The molecule has 1 heterocycles. The molecule has 2 atom stereocenters. The van der Waals surface area contributed by atoms with E-state index < -0.39 is 15.8 Å². The number of hydrogen-bond donors (Lipinski definition) is 2. The van der Waals surface area contributed by atoms with Crippen LogP contribution in [0.15, 0.2) is 30.3 Å². The molecule has 1 saturated heterocycles. The van der Waals surface area contributed by atoms with Crippen molar-refractivity contribution in [3.63, 3.8) is 0 Å². The van der Waals surface area contributed by atoms with Crippen molar-refractivity contribution in [1.29, 1.82) is 0 Å². The van der Waals surface area contributed by atoms with Crippen LogP contribution in [0, 0.1) is 5.92 Å². The molecule has 1 aliphatic heterocycles. The first-order valence-corrected chi connectivity index (χ1v) is 8.48. The Kier molecular flexibility index (Phi) is 4.77. The van der Waals surface area contributed by atoms with Gasteiger partial charge in [0.2, 0.25) is 5.91 Å². The third kappa shape index (κ3) is 4.05. The van der Waals surface area contributed by atoms with Gasteiger partial charge in [0.1, 0.15) is 0 Å². The summed E-state index contributed by atoms with van der Waals surface area (Å²) in [6.07, 6.45) is 0.903. The Morgan fingerprint density at radius 2 is 2.05 bits per heavy atom. The van der Waals surface area contributed by atoms with Gasteiger partial charge in [0.05, 0.1) is 30.1 Å². The van der Waals surface area contributed by atoms with Crippen LogP contribution in [0.3, 0.4) is 0 Å². The van der Waals surface area contributed by atoms with Crippen LogP contribution in [-0.4, -0.2) is 43.6 Å².